The highest BCUT2D eigenvalue weighted by Gasteiger charge is 2.45. The third-order valence-corrected chi connectivity index (χ3v) is 5.96. The van der Waals surface area contributed by atoms with Gasteiger partial charge in [-0.2, -0.15) is 11.8 Å². The molecule has 1 aliphatic carbocycles. The van der Waals surface area contributed by atoms with Crippen LogP contribution in [0.25, 0.3) is 0 Å². The Balaban J connectivity index is 2.01. The Morgan fingerprint density at radius 3 is 2.56 bits per heavy atom. The molecule has 0 amide bonds. The van der Waals surface area contributed by atoms with Crippen LogP contribution in [0.1, 0.15) is 52.9 Å². The van der Waals surface area contributed by atoms with Crippen LogP contribution in [0, 0.1) is 0 Å². The number of thioether (sulfide) groups is 1. The predicted octanol–water partition coefficient (Wildman–Crippen LogP) is 3.13. The molecule has 106 valence electrons. The van der Waals surface area contributed by atoms with E-state index >= 15 is 0 Å². The van der Waals surface area contributed by atoms with Crippen LogP contribution in [-0.2, 0) is 0 Å². The molecule has 0 aromatic carbocycles. The largest absolute Gasteiger partial charge is 0.308 e. The van der Waals surface area contributed by atoms with E-state index in [-0.39, 0.29) is 0 Å². The van der Waals surface area contributed by atoms with Crippen molar-refractivity contribution in [3.63, 3.8) is 0 Å². The van der Waals surface area contributed by atoms with Gasteiger partial charge in [0.05, 0.1) is 0 Å². The van der Waals surface area contributed by atoms with Gasteiger partial charge < -0.3 is 5.32 Å². The number of nitrogens with zero attached hydrogens (tertiary/aromatic N) is 1. The molecule has 2 aliphatic rings. The zero-order chi connectivity index (χ0) is 13.1. The molecule has 0 aromatic rings. The van der Waals surface area contributed by atoms with Crippen LogP contribution in [-0.4, -0.2) is 47.1 Å². The summed E-state index contributed by atoms with van der Waals surface area (Å²) in [5.41, 5.74) is 0.841. The highest BCUT2D eigenvalue weighted by atomic mass is 32.2. The first-order chi connectivity index (χ1) is 8.64. The molecule has 1 atom stereocenters. The highest BCUT2D eigenvalue weighted by Crippen LogP contribution is 2.38. The Morgan fingerprint density at radius 2 is 1.94 bits per heavy atom. The Bertz CT molecular complexity index is 263. The molecule has 1 saturated carbocycles. The van der Waals surface area contributed by atoms with Gasteiger partial charge in [0.2, 0.25) is 0 Å². The first kappa shape index (κ1) is 14.7. The predicted molar refractivity (Wildman–Crippen MR) is 82.5 cm³/mol. The minimum Gasteiger partial charge on any atom is -0.308 e. The van der Waals surface area contributed by atoms with Crippen molar-refractivity contribution in [1.82, 2.24) is 10.2 Å². The number of hydrogen-bond acceptors (Lipinski definition) is 3. The summed E-state index contributed by atoms with van der Waals surface area (Å²) in [5, 5.41) is 3.85. The van der Waals surface area contributed by atoms with Gasteiger partial charge in [0.15, 0.2) is 0 Å². The minimum absolute atomic E-state index is 0.338. The van der Waals surface area contributed by atoms with Gasteiger partial charge in [-0.3, -0.25) is 4.90 Å². The summed E-state index contributed by atoms with van der Waals surface area (Å²) >= 11 is 2.09. The van der Waals surface area contributed by atoms with Crippen molar-refractivity contribution in [2.24, 2.45) is 0 Å². The smallest absolute Gasteiger partial charge is 0.0335 e. The summed E-state index contributed by atoms with van der Waals surface area (Å²) in [5.74, 6) is 2.56. The molecule has 1 saturated heterocycles. The van der Waals surface area contributed by atoms with E-state index in [4.69, 9.17) is 0 Å². The van der Waals surface area contributed by atoms with Gasteiger partial charge in [0.25, 0.3) is 0 Å². The Morgan fingerprint density at radius 1 is 1.22 bits per heavy atom. The second-order valence-electron chi connectivity index (χ2n) is 6.32. The fourth-order valence-electron chi connectivity index (χ4n) is 3.53. The number of piperazine rings is 1. The van der Waals surface area contributed by atoms with Gasteiger partial charge in [0.1, 0.15) is 0 Å². The van der Waals surface area contributed by atoms with Crippen molar-refractivity contribution >= 4 is 11.8 Å². The van der Waals surface area contributed by atoms with Crippen LogP contribution in [0.3, 0.4) is 0 Å². The average Bonchev–Trinajstić information content (AvgIpc) is 2.84. The fourth-order valence-corrected chi connectivity index (χ4v) is 4.17. The van der Waals surface area contributed by atoms with Gasteiger partial charge in [-0.25, -0.2) is 0 Å². The molecular weight excluding hydrogens is 240 g/mol. The lowest BCUT2D eigenvalue weighted by Gasteiger charge is -2.52. The van der Waals surface area contributed by atoms with Crippen LogP contribution in [0.2, 0.25) is 0 Å². The molecule has 18 heavy (non-hydrogen) atoms. The monoisotopic (exact) mass is 270 g/mol. The van der Waals surface area contributed by atoms with Crippen molar-refractivity contribution in [2.75, 3.05) is 31.1 Å². The minimum atomic E-state index is 0.338. The quantitative estimate of drug-likeness (QED) is 0.773. The Kier molecular flexibility index (Phi) is 5.01. The number of hydrogen-bond donors (Lipinski definition) is 1. The molecule has 0 aromatic heterocycles. The normalized spacial score (nSPS) is 32.2. The van der Waals surface area contributed by atoms with Crippen molar-refractivity contribution in [3.8, 4) is 0 Å². The van der Waals surface area contributed by atoms with Crippen LogP contribution < -0.4 is 5.32 Å². The van der Waals surface area contributed by atoms with E-state index in [1.807, 2.05) is 0 Å². The second-order valence-corrected chi connectivity index (χ2v) is 7.71. The van der Waals surface area contributed by atoms with E-state index in [2.05, 4.69) is 42.7 Å². The Hall–Kier alpha value is 0.270. The molecule has 2 nitrogen and oxygen atoms in total. The molecule has 2 fully saturated rings. The maximum atomic E-state index is 3.85. The highest BCUT2D eigenvalue weighted by molar-refractivity contribution is 7.99. The standard InChI is InChI=1S/C15H30N2S/c1-4-14(3)13-17(10-11-18-5-2)15(12-16-14)8-6-7-9-15/h16H,4-13H2,1-3H3. The van der Waals surface area contributed by atoms with Gasteiger partial charge in [-0.15, -0.1) is 0 Å². The Labute approximate surface area is 117 Å². The zero-order valence-corrected chi connectivity index (χ0v) is 13.2. The van der Waals surface area contributed by atoms with Gasteiger partial charge in [-0.05, 0) is 31.9 Å². The molecular formula is C15H30N2S. The van der Waals surface area contributed by atoms with E-state index in [1.165, 1.54) is 63.2 Å². The van der Waals surface area contributed by atoms with Crippen molar-refractivity contribution in [3.05, 3.63) is 0 Å². The van der Waals surface area contributed by atoms with E-state index in [0.29, 0.717) is 11.1 Å². The maximum absolute atomic E-state index is 3.85. The average molecular weight is 270 g/mol. The molecule has 0 bridgehead atoms. The summed E-state index contributed by atoms with van der Waals surface area (Å²) in [7, 11) is 0. The third kappa shape index (κ3) is 3.05. The molecule has 0 radical (unpaired) electrons. The number of rotatable bonds is 5. The SMILES string of the molecule is CCSCCN1CC(C)(CC)NCC12CCCC2. The zero-order valence-electron chi connectivity index (χ0n) is 12.4. The lowest BCUT2D eigenvalue weighted by Crippen LogP contribution is -2.68. The lowest BCUT2D eigenvalue weighted by atomic mass is 9.85. The van der Waals surface area contributed by atoms with E-state index in [9.17, 15) is 0 Å². The first-order valence-corrected chi connectivity index (χ1v) is 8.87. The summed E-state index contributed by atoms with van der Waals surface area (Å²) in [6, 6.07) is 0. The molecule has 1 heterocycles. The van der Waals surface area contributed by atoms with Crippen molar-refractivity contribution in [1.29, 1.82) is 0 Å². The number of nitrogens with one attached hydrogen (secondary N) is 1. The second kappa shape index (κ2) is 6.15. The molecule has 3 heteroatoms. The van der Waals surface area contributed by atoms with Gasteiger partial charge in [0, 0.05) is 36.5 Å². The summed E-state index contributed by atoms with van der Waals surface area (Å²) in [6.07, 6.45) is 6.93. The molecule has 1 N–H and O–H groups in total. The fraction of sp³-hybridized carbons (Fsp3) is 1.00. The van der Waals surface area contributed by atoms with Gasteiger partial charge >= 0.3 is 0 Å². The van der Waals surface area contributed by atoms with Crippen LogP contribution >= 0.6 is 11.8 Å². The lowest BCUT2D eigenvalue weighted by molar-refractivity contribution is 0.0172. The van der Waals surface area contributed by atoms with Crippen molar-refractivity contribution in [2.45, 2.75) is 64.0 Å². The molecule has 1 aliphatic heterocycles. The van der Waals surface area contributed by atoms with Crippen LogP contribution in [0.4, 0.5) is 0 Å². The summed E-state index contributed by atoms with van der Waals surface area (Å²) < 4.78 is 0. The maximum Gasteiger partial charge on any atom is 0.0335 e. The van der Waals surface area contributed by atoms with E-state index < -0.39 is 0 Å². The molecule has 2 rings (SSSR count). The van der Waals surface area contributed by atoms with Gasteiger partial charge in [-0.1, -0.05) is 26.7 Å². The third-order valence-electron chi connectivity index (χ3n) is 5.08. The van der Waals surface area contributed by atoms with E-state index in [1.54, 1.807) is 0 Å². The first-order valence-electron chi connectivity index (χ1n) is 7.72. The summed E-state index contributed by atoms with van der Waals surface area (Å²) in [4.78, 5) is 2.84. The van der Waals surface area contributed by atoms with Crippen LogP contribution in [0.5, 0.6) is 0 Å². The van der Waals surface area contributed by atoms with E-state index in [0.717, 1.165) is 0 Å². The molecule has 1 unspecified atom stereocenters. The van der Waals surface area contributed by atoms with Crippen molar-refractivity contribution < 1.29 is 0 Å². The van der Waals surface area contributed by atoms with Crippen LogP contribution in [0.15, 0.2) is 0 Å². The molecule has 1 spiro atoms. The topological polar surface area (TPSA) is 15.3 Å². The summed E-state index contributed by atoms with van der Waals surface area (Å²) in [6.45, 7) is 10.7.